The number of rotatable bonds is 13. The van der Waals surface area contributed by atoms with Gasteiger partial charge < -0.3 is 0 Å². The molecule has 0 heterocycles. The highest BCUT2D eigenvalue weighted by molar-refractivity contribution is 6.03. The Kier molecular flexibility index (Phi) is 11.6. The summed E-state index contributed by atoms with van der Waals surface area (Å²) in [6.45, 7) is 5.83. The molecule has 0 aliphatic heterocycles. The Labute approximate surface area is 197 Å². The second-order valence-corrected chi connectivity index (χ2v) is 8.19. The van der Waals surface area contributed by atoms with Gasteiger partial charge in [-0.2, -0.15) is 10.2 Å². The molecule has 33 heavy (non-hydrogen) atoms. The van der Waals surface area contributed by atoms with Gasteiger partial charge in [0, 0.05) is 0 Å². The van der Waals surface area contributed by atoms with E-state index >= 15 is 0 Å². The van der Waals surface area contributed by atoms with Crippen LogP contribution >= 0.6 is 0 Å². The van der Waals surface area contributed by atoms with Gasteiger partial charge in [-0.15, -0.1) is 0 Å². The molecule has 2 N–H and O–H groups in total. The number of carbonyl (C=O) groups is 2. The molecule has 0 saturated carbocycles. The van der Waals surface area contributed by atoms with Crippen LogP contribution in [0, 0.1) is 5.92 Å². The molecular weight excluding hydrogens is 412 g/mol. The van der Waals surface area contributed by atoms with Gasteiger partial charge in [-0.05, 0) is 31.4 Å². The molecule has 0 atom stereocenters. The predicted molar refractivity (Wildman–Crippen MR) is 135 cm³/mol. The maximum atomic E-state index is 12.9. The van der Waals surface area contributed by atoms with Crippen LogP contribution in [-0.4, -0.2) is 23.2 Å². The van der Waals surface area contributed by atoms with E-state index in [1.165, 1.54) is 19.3 Å². The highest BCUT2D eigenvalue weighted by Crippen LogP contribution is 2.14. The number of hydrogen-bond donors (Lipinski definition) is 2. The largest absolute Gasteiger partial charge is 0.272 e. The lowest BCUT2D eigenvalue weighted by Gasteiger charge is -2.14. The van der Waals surface area contributed by atoms with E-state index in [4.69, 9.17) is 0 Å². The maximum absolute atomic E-state index is 12.9. The Morgan fingerprint density at radius 2 is 1.12 bits per heavy atom. The highest BCUT2D eigenvalue weighted by atomic mass is 16.2. The number of nitrogens with zero attached hydrogens (tertiary/aromatic N) is 2. The molecular formula is C27H36N4O2. The van der Waals surface area contributed by atoms with Crippen molar-refractivity contribution in [3.8, 4) is 0 Å². The van der Waals surface area contributed by atoms with Crippen LogP contribution in [0.1, 0.15) is 76.8 Å². The van der Waals surface area contributed by atoms with Crippen molar-refractivity contribution in [1.82, 2.24) is 10.9 Å². The maximum Gasteiger partial charge on any atom is 0.252 e. The number of hydrogen-bond acceptors (Lipinski definition) is 4. The Bertz CT molecular complexity index is 854. The Hall–Kier alpha value is -3.28. The SMILES string of the molecule is CCCCCCCCC(C(=O)N/N=C(\C)c1ccccc1)C(=O)N/N=C(\C)c1ccccc1. The van der Waals surface area contributed by atoms with Gasteiger partial charge >= 0.3 is 0 Å². The molecule has 176 valence electrons. The van der Waals surface area contributed by atoms with Gasteiger partial charge in [0.05, 0.1) is 11.4 Å². The van der Waals surface area contributed by atoms with Gasteiger partial charge in [0.15, 0.2) is 0 Å². The highest BCUT2D eigenvalue weighted by Gasteiger charge is 2.26. The van der Waals surface area contributed by atoms with Gasteiger partial charge in [0.1, 0.15) is 5.92 Å². The van der Waals surface area contributed by atoms with E-state index in [1.54, 1.807) is 0 Å². The first-order chi connectivity index (χ1) is 16.0. The fourth-order valence-corrected chi connectivity index (χ4v) is 3.43. The fourth-order valence-electron chi connectivity index (χ4n) is 3.43. The second-order valence-electron chi connectivity index (χ2n) is 8.19. The number of carbonyl (C=O) groups excluding carboxylic acids is 2. The minimum atomic E-state index is -0.851. The van der Waals surface area contributed by atoms with Crippen molar-refractivity contribution in [2.24, 2.45) is 16.1 Å². The van der Waals surface area contributed by atoms with Crippen LogP contribution in [0.5, 0.6) is 0 Å². The lowest BCUT2D eigenvalue weighted by Crippen LogP contribution is -2.38. The van der Waals surface area contributed by atoms with Gasteiger partial charge in [-0.1, -0.05) is 106 Å². The van der Waals surface area contributed by atoms with Crippen molar-refractivity contribution in [1.29, 1.82) is 0 Å². The molecule has 0 radical (unpaired) electrons. The number of amides is 2. The Morgan fingerprint density at radius 3 is 1.58 bits per heavy atom. The van der Waals surface area contributed by atoms with Gasteiger partial charge in [0.2, 0.25) is 0 Å². The molecule has 0 unspecified atom stereocenters. The van der Waals surface area contributed by atoms with Crippen molar-refractivity contribution < 1.29 is 9.59 Å². The first-order valence-electron chi connectivity index (χ1n) is 11.8. The lowest BCUT2D eigenvalue weighted by molar-refractivity contribution is -0.135. The van der Waals surface area contributed by atoms with Crippen LogP contribution in [0.2, 0.25) is 0 Å². The van der Waals surface area contributed by atoms with Crippen molar-refractivity contribution in [2.75, 3.05) is 0 Å². The Morgan fingerprint density at radius 1 is 0.697 bits per heavy atom. The van der Waals surface area contributed by atoms with E-state index in [2.05, 4.69) is 28.0 Å². The smallest absolute Gasteiger partial charge is 0.252 e. The van der Waals surface area contributed by atoms with Gasteiger partial charge in [-0.3, -0.25) is 9.59 Å². The first kappa shape index (κ1) is 26.0. The molecule has 0 aliphatic carbocycles. The molecule has 0 spiro atoms. The first-order valence-corrected chi connectivity index (χ1v) is 11.8. The van der Waals surface area contributed by atoms with E-state index in [-0.39, 0.29) is 0 Å². The second kappa shape index (κ2) is 14.7. The van der Waals surface area contributed by atoms with Crippen LogP contribution in [-0.2, 0) is 9.59 Å². The molecule has 0 saturated heterocycles. The zero-order valence-electron chi connectivity index (χ0n) is 20.0. The summed E-state index contributed by atoms with van der Waals surface area (Å²) in [5.41, 5.74) is 8.36. The molecule has 2 amide bonds. The van der Waals surface area contributed by atoms with E-state index in [0.29, 0.717) is 17.8 Å². The number of hydrazone groups is 2. The van der Waals surface area contributed by atoms with Gasteiger partial charge in [-0.25, -0.2) is 10.9 Å². The molecule has 0 fully saturated rings. The number of unbranched alkanes of at least 4 members (excludes halogenated alkanes) is 5. The fraction of sp³-hybridized carbons (Fsp3) is 0.407. The molecule has 6 nitrogen and oxygen atoms in total. The molecule has 6 heteroatoms. The summed E-state index contributed by atoms with van der Waals surface area (Å²) in [7, 11) is 0. The number of benzene rings is 2. The van der Waals surface area contributed by atoms with Crippen molar-refractivity contribution in [3.63, 3.8) is 0 Å². The van der Waals surface area contributed by atoms with Crippen molar-refractivity contribution in [2.45, 2.75) is 65.7 Å². The monoisotopic (exact) mass is 448 g/mol. The zero-order valence-corrected chi connectivity index (χ0v) is 20.0. The summed E-state index contributed by atoms with van der Waals surface area (Å²) < 4.78 is 0. The predicted octanol–water partition coefficient (Wildman–Crippen LogP) is 5.43. The normalized spacial score (nSPS) is 12.0. The average Bonchev–Trinajstić information content (AvgIpc) is 2.86. The van der Waals surface area contributed by atoms with E-state index in [0.717, 1.165) is 30.4 Å². The van der Waals surface area contributed by atoms with E-state index in [9.17, 15) is 9.59 Å². The van der Waals surface area contributed by atoms with E-state index in [1.807, 2.05) is 74.5 Å². The van der Waals surface area contributed by atoms with Gasteiger partial charge in [0.25, 0.3) is 11.8 Å². The van der Waals surface area contributed by atoms with Crippen molar-refractivity contribution >= 4 is 23.2 Å². The van der Waals surface area contributed by atoms with Crippen molar-refractivity contribution in [3.05, 3.63) is 71.8 Å². The third-order valence-electron chi connectivity index (χ3n) is 5.53. The molecule has 0 aliphatic rings. The summed E-state index contributed by atoms with van der Waals surface area (Å²) in [5.74, 6) is -1.68. The van der Waals surface area contributed by atoms with Crippen LogP contribution in [0.3, 0.4) is 0 Å². The van der Waals surface area contributed by atoms with Crippen LogP contribution in [0.4, 0.5) is 0 Å². The molecule has 2 rings (SSSR count). The Balaban J connectivity index is 2.02. The summed E-state index contributed by atoms with van der Waals surface area (Å²) in [6, 6.07) is 19.2. The molecule has 2 aromatic carbocycles. The minimum Gasteiger partial charge on any atom is -0.272 e. The molecule has 0 aromatic heterocycles. The van der Waals surface area contributed by atoms with Crippen LogP contribution < -0.4 is 10.9 Å². The molecule has 2 aromatic rings. The molecule has 0 bridgehead atoms. The average molecular weight is 449 g/mol. The number of nitrogens with one attached hydrogen (secondary N) is 2. The summed E-state index contributed by atoms with van der Waals surface area (Å²) in [5, 5.41) is 8.42. The summed E-state index contributed by atoms with van der Waals surface area (Å²) >= 11 is 0. The minimum absolute atomic E-state index is 0.413. The summed E-state index contributed by atoms with van der Waals surface area (Å²) in [4.78, 5) is 25.7. The third kappa shape index (κ3) is 9.39. The van der Waals surface area contributed by atoms with Crippen LogP contribution in [0.25, 0.3) is 0 Å². The van der Waals surface area contributed by atoms with Crippen LogP contribution in [0.15, 0.2) is 70.9 Å². The summed E-state index contributed by atoms with van der Waals surface area (Å²) in [6.07, 6.45) is 6.95. The lowest BCUT2D eigenvalue weighted by atomic mass is 9.99. The standard InChI is InChI=1S/C27H36N4O2/c1-4-5-6-7-8-15-20-25(26(32)30-28-21(2)23-16-11-9-12-17-23)27(33)31-29-22(3)24-18-13-10-14-19-24/h9-14,16-19,25H,4-8,15,20H2,1-3H3,(H,30,32)(H,31,33)/b28-21+,29-22+. The van der Waals surface area contributed by atoms with E-state index < -0.39 is 17.7 Å². The zero-order chi connectivity index (χ0) is 23.9. The topological polar surface area (TPSA) is 82.9 Å². The quantitative estimate of drug-likeness (QED) is 0.185. The third-order valence-corrected chi connectivity index (χ3v) is 5.53.